The van der Waals surface area contributed by atoms with Crippen molar-refractivity contribution in [2.24, 2.45) is 0 Å². The van der Waals surface area contributed by atoms with Crippen molar-refractivity contribution in [2.75, 3.05) is 32.2 Å². The van der Waals surface area contributed by atoms with Crippen LogP contribution in [-0.4, -0.2) is 26.9 Å². The molecule has 0 aliphatic heterocycles. The number of hydrogen-bond donors (Lipinski definition) is 1. The van der Waals surface area contributed by atoms with Gasteiger partial charge >= 0.3 is 0 Å². The Morgan fingerprint density at radius 2 is 1.64 bits per heavy atom. The smallest absolute Gasteiger partial charge is 0.141 e. The van der Waals surface area contributed by atoms with Crippen LogP contribution in [0.4, 0.5) is 5.69 Å². The summed E-state index contributed by atoms with van der Waals surface area (Å²) in [5.74, 6) is 1.71. The molecule has 0 heterocycles. The second-order valence-electron chi connectivity index (χ2n) is 4.71. The number of benzene rings is 2. The average Bonchev–Trinajstić information content (AvgIpc) is 2.58. The highest BCUT2D eigenvalue weighted by atomic mass is 16.5. The predicted octanol–water partition coefficient (Wildman–Crippen LogP) is 3.72. The van der Waals surface area contributed by atoms with Crippen LogP contribution in [0.15, 0.2) is 48.5 Å². The summed E-state index contributed by atoms with van der Waals surface area (Å²) in [5.41, 5.74) is 2.07. The molecule has 1 N–H and O–H groups in total. The van der Waals surface area contributed by atoms with Gasteiger partial charge in [-0.05, 0) is 25.1 Å². The number of rotatable bonds is 9. The van der Waals surface area contributed by atoms with E-state index in [1.807, 2.05) is 49.4 Å². The topological polar surface area (TPSA) is 39.7 Å². The summed E-state index contributed by atoms with van der Waals surface area (Å²) in [4.78, 5) is 0. The molecule has 0 radical (unpaired) electrons. The van der Waals surface area contributed by atoms with E-state index in [0.717, 1.165) is 22.7 Å². The lowest BCUT2D eigenvalue weighted by Crippen LogP contribution is -2.09. The third-order valence-corrected chi connectivity index (χ3v) is 3.24. The van der Waals surface area contributed by atoms with Crippen molar-refractivity contribution in [1.29, 1.82) is 0 Å². The van der Waals surface area contributed by atoms with Crippen molar-refractivity contribution in [2.45, 2.75) is 13.5 Å². The van der Waals surface area contributed by atoms with Gasteiger partial charge in [-0.15, -0.1) is 0 Å². The SMILES string of the molecule is CCOCCOc1ccccc1CNc1ccccc1OC. The van der Waals surface area contributed by atoms with Crippen LogP contribution in [0.2, 0.25) is 0 Å². The summed E-state index contributed by atoms with van der Waals surface area (Å²) in [5, 5.41) is 3.39. The van der Waals surface area contributed by atoms with Crippen LogP contribution >= 0.6 is 0 Å². The lowest BCUT2D eigenvalue weighted by molar-refractivity contribution is 0.110. The van der Waals surface area contributed by atoms with Crippen LogP contribution in [0.3, 0.4) is 0 Å². The van der Waals surface area contributed by atoms with E-state index in [1.54, 1.807) is 7.11 Å². The van der Waals surface area contributed by atoms with Gasteiger partial charge < -0.3 is 19.5 Å². The fourth-order valence-corrected chi connectivity index (χ4v) is 2.13. The summed E-state index contributed by atoms with van der Waals surface area (Å²) in [6.45, 7) is 4.51. The summed E-state index contributed by atoms with van der Waals surface area (Å²) in [6, 6.07) is 15.9. The average molecular weight is 301 g/mol. The Labute approximate surface area is 132 Å². The van der Waals surface area contributed by atoms with Crippen LogP contribution in [0.5, 0.6) is 11.5 Å². The molecule has 0 saturated heterocycles. The molecule has 0 aliphatic rings. The van der Waals surface area contributed by atoms with Crippen LogP contribution in [0.1, 0.15) is 12.5 Å². The molecule has 118 valence electrons. The van der Waals surface area contributed by atoms with E-state index in [2.05, 4.69) is 11.4 Å². The Balaban J connectivity index is 1.97. The van der Waals surface area contributed by atoms with Crippen molar-refractivity contribution in [3.63, 3.8) is 0 Å². The van der Waals surface area contributed by atoms with Gasteiger partial charge in [-0.3, -0.25) is 0 Å². The number of nitrogens with one attached hydrogen (secondary N) is 1. The highest BCUT2D eigenvalue weighted by Gasteiger charge is 2.05. The Bertz CT molecular complexity index is 572. The van der Waals surface area contributed by atoms with Crippen LogP contribution in [0.25, 0.3) is 0 Å². The van der Waals surface area contributed by atoms with Crippen LogP contribution in [-0.2, 0) is 11.3 Å². The van der Waals surface area contributed by atoms with Crippen molar-refractivity contribution >= 4 is 5.69 Å². The molecule has 0 fully saturated rings. The van der Waals surface area contributed by atoms with Gasteiger partial charge in [0, 0.05) is 18.7 Å². The molecule has 0 spiro atoms. The van der Waals surface area contributed by atoms with E-state index in [0.29, 0.717) is 26.4 Å². The molecule has 2 aromatic rings. The second kappa shape index (κ2) is 8.95. The molecule has 2 aromatic carbocycles. The van der Waals surface area contributed by atoms with Crippen molar-refractivity contribution < 1.29 is 14.2 Å². The molecule has 2 rings (SSSR count). The van der Waals surface area contributed by atoms with Gasteiger partial charge in [0.25, 0.3) is 0 Å². The van der Waals surface area contributed by atoms with E-state index in [1.165, 1.54) is 0 Å². The summed E-state index contributed by atoms with van der Waals surface area (Å²) < 4.78 is 16.4. The van der Waals surface area contributed by atoms with Gasteiger partial charge in [0.15, 0.2) is 0 Å². The van der Waals surface area contributed by atoms with E-state index < -0.39 is 0 Å². The summed E-state index contributed by atoms with van der Waals surface area (Å²) in [7, 11) is 1.67. The molecule has 0 saturated carbocycles. The van der Waals surface area contributed by atoms with Gasteiger partial charge in [-0.1, -0.05) is 30.3 Å². The van der Waals surface area contributed by atoms with E-state index >= 15 is 0 Å². The molecule has 0 amide bonds. The minimum atomic E-state index is 0.555. The molecule has 4 heteroatoms. The maximum absolute atomic E-state index is 5.79. The van der Waals surface area contributed by atoms with Crippen molar-refractivity contribution in [3.8, 4) is 11.5 Å². The van der Waals surface area contributed by atoms with Gasteiger partial charge in [-0.25, -0.2) is 0 Å². The third kappa shape index (κ3) is 4.67. The van der Waals surface area contributed by atoms with Gasteiger partial charge in [0.2, 0.25) is 0 Å². The second-order valence-corrected chi connectivity index (χ2v) is 4.71. The molecule has 4 nitrogen and oxygen atoms in total. The standard InChI is InChI=1S/C18H23NO3/c1-3-21-12-13-22-17-10-6-4-8-15(17)14-19-16-9-5-7-11-18(16)20-2/h4-11,19H,3,12-14H2,1-2H3. The zero-order valence-corrected chi connectivity index (χ0v) is 13.2. The minimum absolute atomic E-state index is 0.555. The first kappa shape index (κ1) is 16.2. The quantitative estimate of drug-likeness (QED) is 0.717. The molecule has 0 aliphatic carbocycles. The van der Waals surface area contributed by atoms with Crippen molar-refractivity contribution in [1.82, 2.24) is 0 Å². The van der Waals surface area contributed by atoms with Crippen LogP contribution < -0.4 is 14.8 Å². The normalized spacial score (nSPS) is 10.3. The fraction of sp³-hybridized carbons (Fsp3) is 0.333. The zero-order chi connectivity index (χ0) is 15.6. The lowest BCUT2D eigenvalue weighted by atomic mass is 10.2. The zero-order valence-electron chi connectivity index (χ0n) is 13.2. The molecule has 22 heavy (non-hydrogen) atoms. The largest absolute Gasteiger partial charge is 0.495 e. The molecule has 0 unspecified atom stereocenters. The minimum Gasteiger partial charge on any atom is -0.495 e. The van der Waals surface area contributed by atoms with Crippen molar-refractivity contribution in [3.05, 3.63) is 54.1 Å². The Kier molecular flexibility index (Phi) is 6.58. The highest BCUT2D eigenvalue weighted by molar-refractivity contribution is 5.56. The summed E-state index contributed by atoms with van der Waals surface area (Å²) >= 11 is 0. The van der Waals surface area contributed by atoms with Gasteiger partial charge in [-0.2, -0.15) is 0 Å². The van der Waals surface area contributed by atoms with E-state index in [4.69, 9.17) is 14.2 Å². The number of ether oxygens (including phenoxy) is 3. The highest BCUT2D eigenvalue weighted by Crippen LogP contribution is 2.25. The van der Waals surface area contributed by atoms with Crippen LogP contribution in [0, 0.1) is 0 Å². The molecule has 0 atom stereocenters. The maximum atomic E-state index is 5.79. The Morgan fingerprint density at radius 1 is 0.909 bits per heavy atom. The first-order valence-electron chi connectivity index (χ1n) is 7.50. The molecular formula is C18H23NO3. The monoisotopic (exact) mass is 301 g/mol. The predicted molar refractivity (Wildman–Crippen MR) is 88.8 cm³/mol. The van der Waals surface area contributed by atoms with E-state index in [9.17, 15) is 0 Å². The van der Waals surface area contributed by atoms with Gasteiger partial charge in [0.1, 0.15) is 18.1 Å². The fourth-order valence-electron chi connectivity index (χ4n) is 2.13. The lowest BCUT2D eigenvalue weighted by Gasteiger charge is -2.14. The first-order chi connectivity index (χ1) is 10.8. The number of anilines is 1. The Morgan fingerprint density at radius 3 is 2.41 bits per heavy atom. The number of methoxy groups -OCH3 is 1. The maximum Gasteiger partial charge on any atom is 0.141 e. The number of para-hydroxylation sites is 3. The summed E-state index contributed by atoms with van der Waals surface area (Å²) in [6.07, 6.45) is 0. The molecular weight excluding hydrogens is 278 g/mol. The van der Waals surface area contributed by atoms with Gasteiger partial charge in [0.05, 0.1) is 19.4 Å². The Hall–Kier alpha value is -2.20. The molecule has 0 aromatic heterocycles. The molecule has 0 bridgehead atoms. The first-order valence-corrected chi connectivity index (χ1v) is 7.50. The number of hydrogen-bond acceptors (Lipinski definition) is 4. The third-order valence-electron chi connectivity index (χ3n) is 3.24. The van der Waals surface area contributed by atoms with E-state index in [-0.39, 0.29) is 0 Å².